The number of amides is 1. The van der Waals surface area contributed by atoms with Gasteiger partial charge >= 0.3 is 0 Å². The largest absolute Gasteiger partial charge is 0.394 e. The lowest BCUT2D eigenvalue weighted by molar-refractivity contribution is -0.335. The third kappa shape index (κ3) is 2.17. The molecule has 94 valence electrons. The Balaban J connectivity index is 2.90. The Morgan fingerprint density at radius 2 is 2.00 bits per heavy atom. The van der Waals surface area contributed by atoms with Gasteiger partial charge in [-0.15, -0.1) is 0 Å². The molecule has 5 atom stereocenters. The number of hydrogen-bond acceptors (Lipinski definition) is 7. The van der Waals surface area contributed by atoms with Gasteiger partial charge in [-0.3, -0.25) is 4.79 Å². The number of carbonyl (C=O) groups is 1. The van der Waals surface area contributed by atoms with Gasteiger partial charge in [-0.2, -0.15) is 0 Å². The third-order valence-electron chi connectivity index (χ3n) is 2.39. The number of carbonyl (C=O) groups excluding carboxylic acids is 1. The zero-order valence-corrected chi connectivity index (χ0v) is 8.57. The monoisotopic (exact) mass is 237 g/mol. The second-order valence-electron chi connectivity index (χ2n) is 3.65. The van der Waals surface area contributed by atoms with Gasteiger partial charge in [0.1, 0.15) is 18.3 Å². The number of hydrogen-bond donors (Lipinski definition) is 6. The predicted molar refractivity (Wildman–Crippen MR) is 48.7 cm³/mol. The average molecular weight is 237 g/mol. The SMILES string of the molecule is CC(=O)N[C@]1(O)C(O)O[C@H](CO)[C@@H](O)[C@@H]1O. The summed E-state index contributed by atoms with van der Waals surface area (Å²) in [5.41, 5.74) is -2.50. The highest BCUT2D eigenvalue weighted by Crippen LogP contribution is 2.26. The van der Waals surface area contributed by atoms with Gasteiger partial charge in [0.25, 0.3) is 0 Å². The van der Waals surface area contributed by atoms with Crippen molar-refractivity contribution in [3.8, 4) is 0 Å². The maximum atomic E-state index is 10.8. The highest BCUT2D eigenvalue weighted by molar-refractivity contribution is 5.73. The number of nitrogens with one attached hydrogen (secondary N) is 1. The second kappa shape index (κ2) is 4.62. The molecule has 0 aromatic carbocycles. The Labute approximate surface area is 91.1 Å². The molecule has 8 heteroatoms. The third-order valence-corrected chi connectivity index (χ3v) is 2.39. The molecule has 1 aliphatic rings. The second-order valence-corrected chi connectivity index (χ2v) is 3.65. The first-order valence-corrected chi connectivity index (χ1v) is 4.64. The highest BCUT2D eigenvalue weighted by Gasteiger charge is 2.55. The van der Waals surface area contributed by atoms with Crippen LogP contribution in [0, 0.1) is 0 Å². The molecule has 0 bridgehead atoms. The van der Waals surface area contributed by atoms with E-state index in [9.17, 15) is 25.2 Å². The molecule has 0 aromatic rings. The van der Waals surface area contributed by atoms with E-state index in [0.29, 0.717) is 0 Å². The molecule has 0 saturated carbocycles. The summed E-state index contributed by atoms with van der Waals surface area (Å²) in [6, 6.07) is 0. The van der Waals surface area contributed by atoms with E-state index in [0.717, 1.165) is 6.92 Å². The quantitative estimate of drug-likeness (QED) is 0.271. The molecule has 8 nitrogen and oxygen atoms in total. The molecular weight excluding hydrogens is 222 g/mol. The van der Waals surface area contributed by atoms with Crippen LogP contribution in [0.4, 0.5) is 0 Å². The van der Waals surface area contributed by atoms with Crippen LogP contribution < -0.4 is 5.32 Å². The van der Waals surface area contributed by atoms with E-state index in [1.54, 1.807) is 0 Å². The van der Waals surface area contributed by atoms with Gasteiger partial charge in [0.2, 0.25) is 17.9 Å². The molecule has 1 aliphatic heterocycles. The summed E-state index contributed by atoms with van der Waals surface area (Å²) < 4.78 is 4.67. The Morgan fingerprint density at radius 3 is 2.44 bits per heavy atom. The molecule has 1 unspecified atom stereocenters. The summed E-state index contributed by atoms with van der Waals surface area (Å²) in [4.78, 5) is 10.8. The Morgan fingerprint density at radius 1 is 1.44 bits per heavy atom. The summed E-state index contributed by atoms with van der Waals surface area (Å²) in [5.74, 6) is -0.723. The van der Waals surface area contributed by atoms with Crippen molar-refractivity contribution in [2.24, 2.45) is 0 Å². The predicted octanol–water partition coefficient (Wildman–Crippen LogP) is -3.76. The minimum atomic E-state index is -2.50. The van der Waals surface area contributed by atoms with Crippen molar-refractivity contribution in [1.82, 2.24) is 5.32 Å². The van der Waals surface area contributed by atoms with E-state index >= 15 is 0 Å². The van der Waals surface area contributed by atoms with Crippen molar-refractivity contribution in [3.63, 3.8) is 0 Å². The lowest BCUT2D eigenvalue weighted by Gasteiger charge is -2.45. The Hall–Kier alpha value is -0.770. The maximum absolute atomic E-state index is 10.8. The van der Waals surface area contributed by atoms with Gasteiger partial charge in [0.15, 0.2) is 0 Å². The number of aliphatic hydroxyl groups excluding tert-OH is 4. The average Bonchev–Trinajstić information content (AvgIpc) is 2.20. The van der Waals surface area contributed by atoms with Gasteiger partial charge < -0.3 is 35.6 Å². The highest BCUT2D eigenvalue weighted by atomic mass is 16.6. The van der Waals surface area contributed by atoms with E-state index in [4.69, 9.17) is 5.11 Å². The molecule has 1 amide bonds. The van der Waals surface area contributed by atoms with Crippen LogP contribution in [0.3, 0.4) is 0 Å². The van der Waals surface area contributed by atoms with E-state index in [1.807, 2.05) is 5.32 Å². The molecule has 16 heavy (non-hydrogen) atoms. The van der Waals surface area contributed by atoms with Gasteiger partial charge in [-0.05, 0) is 0 Å². The first-order valence-electron chi connectivity index (χ1n) is 4.64. The number of aliphatic hydroxyl groups is 5. The molecule has 1 saturated heterocycles. The molecular formula is C8H15NO7. The molecule has 0 radical (unpaired) electrons. The maximum Gasteiger partial charge on any atom is 0.219 e. The summed E-state index contributed by atoms with van der Waals surface area (Å²) in [6.07, 6.45) is -6.70. The summed E-state index contributed by atoms with van der Waals surface area (Å²) in [7, 11) is 0. The zero-order valence-electron chi connectivity index (χ0n) is 8.57. The van der Waals surface area contributed by atoms with Crippen LogP contribution in [0.15, 0.2) is 0 Å². The summed E-state index contributed by atoms with van der Waals surface area (Å²) in [6.45, 7) is 0.410. The lowest BCUT2D eigenvalue weighted by Crippen LogP contribution is -2.73. The summed E-state index contributed by atoms with van der Waals surface area (Å²) >= 11 is 0. The number of rotatable bonds is 2. The van der Waals surface area contributed by atoms with Gasteiger partial charge in [-0.25, -0.2) is 0 Å². The summed E-state index contributed by atoms with van der Waals surface area (Å²) in [5, 5.41) is 48.8. The van der Waals surface area contributed by atoms with E-state index in [1.165, 1.54) is 0 Å². The van der Waals surface area contributed by atoms with Crippen LogP contribution in [0.1, 0.15) is 6.92 Å². The molecule has 1 fully saturated rings. The van der Waals surface area contributed by atoms with Crippen molar-refractivity contribution in [2.75, 3.05) is 6.61 Å². The zero-order chi connectivity index (χ0) is 12.5. The van der Waals surface area contributed by atoms with Crippen LogP contribution in [-0.4, -0.2) is 68.4 Å². The van der Waals surface area contributed by atoms with Crippen LogP contribution in [0.5, 0.6) is 0 Å². The van der Waals surface area contributed by atoms with Crippen molar-refractivity contribution < 1.29 is 35.1 Å². The normalized spacial score (nSPS) is 44.1. The molecule has 0 spiro atoms. The molecule has 0 aliphatic carbocycles. The van der Waals surface area contributed by atoms with Crippen molar-refractivity contribution in [3.05, 3.63) is 0 Å². The number of ether oxygens (including phenoxy) is 1. The van der Waals surface area contributed by atoms with Crippen molar-refractivity contribution in [2.45, 2.75) is 37.3 Å². The van der Waals surface area contributed by atoms with Crippen LogP contribution in [-0.2, 0) is 9.53 Å². The molecule has 0 aromatic heterocycles. The topological polar surface area (TPSA) is 139 Å². The Kier molecular flexibility index (Phi) is 3.84. The van der Waals surface area contributed by atoms with Gasteiger partial charge in [0.05, 0.1) is 6.61 Å². The van der Waals surface area contributed by atoms with Crippen molar-refractivity contribution in [1.29, 1.82) is 0 Å². The van der Waals surface area contributed by atoms with Crippen LogP contribution in [0.2, 0.25) is 0 Å². The minimum Gasteiger partial charge on any atom is -0.394 e. The fourth-order valence-corrected chi connectivity index (χ4v) is 1.53. The molecule has 1 rings (SSSR count). The van der Waals surface area contributed by atoms with E-state index in [-0.39, 0.29) is 0 Å². The first-order chi connectivity index (χ1) is 7.32. The molecule has 6 N–H and O–H groups in total. The molecule has 1 heterocycles. The Bertz CT molecular complexity index is 273. The van der Waals surface area contributed by atoms with Gasteiger partial charge in [-0.1, -0.05) is 0 Å². The van der Waals surface area contributed by atoms with Crippen molar-refractivity contribution >= 4 is 5.91 Å². The standard InChI is InChI=1S/C8H15NO7/c1-3(11)9-8(15)6(13)5(12)4(2-10)16-7(8)14/h4-7,10,12-15H,2H2,1H3,(H,9,11)/t4-,5-,6+,7?,8-/m1/s1. The van der Waals surface area contributed by atoms with Crippen LogP contribution in [0.25, 0.3) is 0 Å². The lowest BCUT2D eigenvalue weighted by atomic mass is 9.93. The van der Waals surface area contributed by atoms with Gasteiger partial charge in [0, 0.05) is 6.92 Å². The smallest absolute Gasteiger partial charge is 0.219 e. The fourth-order valence-electron chi connectivity index (χ4n) is 1.53. The van der Waals surface area contributed by atoms with E-state index < -0.39 is 42.8 Å². The fraction of sp³-hybridized carbons (Fsp3) is 0.875. The minimum absolute atomic E-state index is 0.647. The van der Waals surface area contributed by atoms with E-state index in [2.05, 4.69) is 4.74 Å². The van der Waals surface area contributed by atoms with Crippen LogP contribution >= 0.6 is 0 Å². The first kappa shape index (κ1) is 13.3.